The maximum atomic E-state index is 13.7. The average Bonchev–Trinajstić information content (AvgIpc) is 3.68. The highest BCUT2D eigenvalue weighted by Gasteiger charge is 2.48. The van der Waals surface area contributed by atoms with Crippen LogP contribution in [0.15, 0.2) is 107 Å². The summed E-state index contributed by atoms with van der Waals surface area (Å²) in [4.78, 5) is 28.7. The van der Waals surface area contributed by atoms with Crippen molar-refractivity contribution in [2.75, 3.05) is 18.1 Å². The zero-order valence-corrected chi connectivity index (χ0v) is 26.3. The number of fused-ring (bicyclic) bond motifs is 1. The molecule has 1 unspecified atom stereocenters. The fraction of sp³-hybridized carbons (Fsp3) is 0.143. The van der Waals surface area contributed by atoms with Gasteiger partial charge in [-0.2, -0.15) is 0 Å². The van der Waals surface area contributed by atoms with Crippen LogP contribution in [-0.4, -0.2) is 40.2 Å². The summed E-state index contributed by atoms with van der Waals surface area (Å²) < 4.78 is 31.3. The smallest absolute Gasteiger partial charge is 0.301 e. The minimum absolute atomic E-state index is 0.109. The zero-order chi connectivity index (χ0) is 32.3. The fourth-order valence-electron chi connectivity index (χ4n) is 5.29. The van der Waals surface area contributed by atoms with Gasteiger partial charge in [-0.1, -0.05) is 77.7 Å². The monoisotopic (exact) mass is 667 g/mol. The Morgan fingerprint density at radius 3 is 2.51 bits per heavy atom. The number of ether oxygens (including phenoxy) is 3. The highest BCUT2D eigenvalue weighted by Crippen LogP contribution is 2.45. The zero-order valence-electron chi connectivity index (χ0n) is 24.7. The van der Waals surface area contributed by atoms with E-state index >= 15 is 0 Å². The molecule has 7 rings (SSSR count). The minimum Gasteiger partial charge on any atom is -0.507 e. The van der Waals surface area contributed by atoms with Crippen LogP contribution < -0.4 is 19.1 Å². The summed E-state index contributed by atoms with van der Waals surface area (Å²) in [6, 6.07) is 26.7. The first-order chi connectivity index (χ1) is 22.9. The van der Waals surface area contributed by atoms with Crippen molar-refractivity contribution in [3.05, 3.63) is 131 Å². The van der Waals surface area contributed by atoms with E-state index in [1.807, 2.05) is 30.3 Å². The van der Waals surface area contributed by atoms with Gasteiger partial charge in [-0.05, 0) is 59.2 Å². The molecule has 1 saturated heterocycles. The van der Waals surface area contributed by atoms with Crippen molar-refractivity contribution in [2.24, 2.45) is 0 Å². The maximum absolute atomic E-state index is 13.7. The number of nitrogens with zero attached hydrogens (tertiary/aromatic N) is 3. The van der Waals surface area contributed by atoms with Crippen molar-refractivity contribution in [1.29, 1.82) is 0 Å². The van der Waals surface area contributed by atoms with E-state index in [2.05, 4.69) is 10.2 Å². The molecule has 0 radical (unpaired) electrons. The lowest BCUT2D eigenvalue weighted by Gasteiger charge is -2.23. The van der Waals surface area contributed by atoms with Crippen LogP contribution in [0.1, 0.15) is 28.3 Å². The normalized spacial score (nSPS) is 16.8. The Balaban J connectivity index is 1.25. The Bertz CT molecular complexity index is 1980. The van der Waals surface area contributed by atoms with Crippen molar-refractivity contribution < 1.29 is 33.3 Å². The largest absolute Gasteiger partial charge is 0.507 e. The van der Waals surface area contributed by atoms with Gasteiger partial charge in [0.1, 0.15) is 37.1 Å². The van der Waals surface area contributed by atoms with Crippen LogP contribution in [0.2, 0.25) is 0 Å². The highest BCUT2D eigenvalue weighted by atomic mass is 32.2. The quantitative estimate of drug-likeness (QED) is 0.0587. The van der Waals surface area contributed by atoms with Crippen molar-refractivity contribution >= 4 is 45.7 Å². The van der Waals surface area contributed by atoms with Crippen LogP contribution in [0, 0.1) is 5.82 Å². The number of aliphatic hydroxyl groups excluding tert-OH is 1. The summed E-state index contributed by atoms with van der Waals surface area (Å²) in [5.41, 5.74) is 2.58. The molecule has 0 spiro atoms. The molecule has 47 heavy (non-hydrogen) atoms. The summed E-state index contributed by atoms with van der Waals surface area (Å²) in [5.74, 6) is -0.435. The lowest BCUT2D eigenvalue weighted by Crippen LogP contribution is -2.29. The Kier molecular flexibility index (Phi) is 8.60. The topological polar surface area (TPSA) is 111 Å². The number of carbonyl (C=O) groups is 2. The van der Waals surface area contributed by atoms with Crippen LogP contribution in [0.4, 0.5) is 9.52 Å². The second-order valence-electron chi connectivity index (χ2n) is 10.6. The van der Waals surface area contributed by atoms with E-state index in [0.29, 0.717) is 58.3 Å². The van der Waals surface area contributed by atoms with E-state index in [1.165, 1.54) is 28.8 Å². The van der Waals surface area contributed by atoms with E-state index in [-0.39, 0.29) is 22.3 Å². The first-order valence-corrected chi connectivity index (χ1v) is 16.4. The number of amides is 1. The number of hydrogen-bond acceptors (Lipinski definition) is 10. The molecule has 1 fully saturated rings. The number of thioether (sulfide) groups is 1. The number of rotatable bonds is 9. The fourth-order valence-corrected chi connectivity index (χ4v) is 7.11. The van der Waals surface area contributed by atoms with E-state index < -0.39 is 17.7 Å². The second kappa shape index (κ2) is 13.3. The van der Waals surface area contributed by atoms with Gasteiger partial charge in [-0.15, -0.1) is 10.2 Å². The number of aliphatic hydroxyl groups is 1. The molecule has 5 aromatic rings. The molecule has 9 nitrogen and oxygen atoms in total. The molecule has 4 aromatic carbocycles. The van der Waals surface area contributed by atoms with Crippen molar-refractivity contribution in [1.82, 2.24) is 10.2 Å². The second-order valence-corrected chi connectivity index (χ2v) is 12.8. The lowest BCUT2D eigenvalue weighted by atomic mass is 9.95. The van der Waals surface area contributed by atoms with Gasteiger partial charge in [0, 0.05) is 11.3 Å². The molecule has 12 heteroatoms. The molecule has 1 aromatic heterocycles. The number of aromatic nitrogens is 2. The lowest BCUT2D eigenvalue weighted by molar-refractivity contribution is -0.132. The van der Waals surface area contributed by atoms with Crippen LogP contribution in [0.3, 0.4) is 0 Å². The molecule has 236 valence electrons. The molecule has 1 N–H and O–H groups in total. The van der Waals surface area contributed by atoms with Gasteiger partial charge in [-0.3, -0.25) is 14.5 Å². The third kappa shape index (κ3) is 6.42. The molecule has 0 aliphatic carbocycles. The Labute approximate surface area is 277 Å². The minimum atomic E-state index is -1.04. The van der Waals surface area contributed by atoms with Gasteiger partial charge in [0.15, 0.2) is 15.8 Å². The predicted octanol–water partition coefficient (Wildman–Crippen LogP) is 6.95. The van der Waals surface area contributed by atoms with E-state index in [4.69, 9.17) is 14.2 Å². The highest BCUT2D eigenvalue weighted by molar-refractivity contribution is 8.00. The summed E-state index contributed by atoms with van der Waals surface area (Å²) in [6.07, 6.45) is 0. The Morgan fingerprint density at radius 2 is 1.70 bits per heavy atom. The molecule has 0 bridgehead atoms. The van der Waals surface area contributed by atoms with Crippen molar-refractivity contribution in [3.63, 3.8) is 0 Å². The van der Waals surface area contributed by atoms with E-state index in [0.717, 1.165) is 22.5 Å². The third-order valence-corrected chi connectivity index (χ3v) is 9.69. The summed E-state index contributed by atoms with van der Waals surface area (Å²) in [6.45, 7) is 1.06. The van der Waals surface area contributed by atoms with E-state index in [1.54, 1.807) is 54.6 Å². The maximum Gasteiger partial charge on any atom is 0.301 e. The van der Waals surface area contributed by atoms with Gasteiger partial charge in [0.25, 0.3) is 5.78 Å². The summed E-state index contributed by atoms with van der Waals surface area (Å²) in [5, 5.41) is 20.4. The third-order valence-electron chi connectivity index (χ3n) is 7.56. The molecular weight excluding hydrogens is 642 g/mol. The number of carbonyl (C=O) groups excluding carboxylic acids is 2. The first-order valence-electron chi connectivity index (χ1n) is 14.6. The standard InChI is InChI=1S/C35H26FN3O6S2/c36-25-12-9-22(10-13-25)20-46-35-38-37-34(47-35)39-30(23-7-4-8-26(17-23)45-19-21-5-2-1-3-6-21)29(32(41)33(39)42)31(40)24-11-14-27-28(18-24)44-16-15-43-27/h1-14,17-18,30,40H,15-16,19-20H2. The number of anilines is 1. The van der Waals surface area contributed by atoms with Gasteiger partial charge in [0.05, 0.1) is 11.6 Å². The summed E-state index contributed by atoms with van der Waals surface area (Å²) in [7, 11) is 0. The van der Waals surface area contributed by atoms with Gasteiger partial charge < -0.3 is 19.3 Å². The van der Waals surface area contributed by atoms with Gasteiger partial charge >= 0.3 is 5.91 Å². The van der Waals surface area contributed by atoms with Crippen LogP contribution >= 0.6 is 23.1 Å². The average molecular weight is 668 g/mol. The number of ketones is 1. The van der Waals surface area contributed by atoms with Crippen LogP contribution in [0.25, 0.3) is 5.76 Å². The molecule has 3 heterocycles. The van der Waals surface area contributed by atoms with Crippen LogP contribution in [0.5, 0.6) is 17.2 Å². The number of benzene rings is 4. The Hall–Kier alpha value is -5.20. The molecular formula is C35H26FN3O6S2. The van der Waals surface area contributed by atoms with E-state index in [9.17, 15) is 19.1 Å². The molecule has 1 atom stereocenters. The number of hydrogen-bond donors (Lipinski definition) is 1. The molecule has 1 amide bonds. The molecule has 2 aliphatic rings. The predicted molar refractivity (Wildman–Crippen MR) is 175 cm³/mol. The van der Waals surface area contributed by atoms with Crippen molar-refractivity contribution in [3.8, 4) is 17.2 Å². The summed E-state index contributed by atoms with van der Waals surface area (Å²) >= 11 is 2.52. The van der Waals surface area contributed by atoms with Gasteiger partial charge in [0.2, 0.25) is 5.13 Å². The van der Waals surface area contributed by atoms with Gasteiger partial charge in [-0.25, -0.2) is 4.39 Å². The molecule has 0 saturated carbocycles. The number of halogens is 1. The Morgan fingerprint density at radius 1 is 0.915 bits per heavy atom. The van der Waals surface area contributed by atoms with Crippen molar-refractivity contribution in [2.45, 2.75) is 22.7 Å². The SMILES string of the molecule is O=C1C(=O)N(c2nnc(SCc3ccc(F)cc3)s2)C(c2cccc(OCc3ccccc3)c2)C1=C(O)c1ccc2c(c1)OCCO2. The first kappa shape index (κ1) is 30.5. The molecule has 2 aliphatic heterocycles. The number of Topliss-reactive ketones (excluding diaryl/α,β-unsaturated/α-hetero) is 1. The van der Waals surface area contributed by atoms with Crippen LogP contribution in [-0.2, 0) is 21.9 Å².